The standard InChI is InChI=1S/C42H68N2O5/c1-25(2)28-14-19-42(23-33(45)44-27-11-10-26(43)22-27)21-20-40(8)29(35(28)42)12-13-31-39(7)17-16-32(49-34(46)24-37(3,4)36(47)48)38(5,6)30(39)15-18-41(31,40)9/h26-32,35H,1,10-24,43H2,2-9H3,(H,44,45)(H,47,48)/t26-,27-,28+,29-,30+,31-,32+,35-,39+,40-,41-,42-/m1/s1. The van der Waals surface area contributed by atoms with Crippen LogP contribution in [0, 0.1) is 62.1 Å². The van der Waals surface area contributed by atoms with Gasteiger partial charge in [-0.1, -0.05) is 46.8 Å². The highest BCUT2D eigenvalue weighted by atomic mass is 16.5. The summed E-state index contributed by atoms with van der Waals surface area (Å²) in [6.45, 7) is 22.4. The molecular weight excluding hydrogens is 612 g/mol. The molecule has 0 bridgehead atoms. The molecule has 0 saturated heterocycles. The first-order valence-electron chi connectivity index (χ1n) is 19.8. The number of carbonyl (C=O) groups excluding carboxylic acids is 2. The number of aliphatic carboxylic acids is 1. The van der Waals surface area contributed by atoms with Gasteiger partial charge in [-0.25, -0.2) is 0 Å². The zero-order valence-corrected chi connectivity index (χ0v) is 32.1. The molecule has 0 aromatic rings. The molecule has 6 fully saturated rings. The van der Waals surface area contributed by atoms with Crippen LogP contribution in [0.2, 0.25) is 0 Å². The van der Waals surface area contributed by atoms with Crippen molar-refractivity contribution in [1.29, 1.82) is 0 Å². The molecule has 6 saturated carbocycles. The second-order valence-electron chi connectivity index (χ2n) is 20.3. The van der Waals surface area contributed by atoms with Crippen molar-refractivity contribution in [3.63, 3.8) is 0 Å². The van der Waals surface area contributed by atoms with Crippen molar-refractivity contribution >= 4 is 17.8 Å². The van der Waals surface area contributed by atoms with Gasteiger partial charge < -0.3 is 20.9 Å². The van der Waals surface area contributed by atoms with Crippen molar-refractivity contribution in [2.24, 2.45) is 67.8 Å². The molecule has 7 nitrogen and oxygen atoms in total. The number of nitrogens with one attached hydrogen (secondary N) is 1. The number of esters is 1. The molecule has 6 aliphatic rings. The second kappa shape index (κ2) is 12.4. The van der Waals surface area contributed by atoms with E-state index < -0.39 is 17.4 Å². The van der Waals surface area contributed by atoms with Crippen LogP contribution in [-0.4, -0.2) is 41.1 Å². The van der Waals surface area contributed by atoms with Crippen molar-refractivity contribution in [3.05, 3.63) is 12.2 Å². The molecule has 0 spiro atoms. The average Bonchev–Trinajstić information content (AvgIpc) is 3.57. The zero-order chi connectivity index (χ0) is 35.9. The van der Waals surface area contributed by atoms with E-state index in [1.807, 2.05) is 0 Å². The van der Waals surface area contributed by atoms with Crippen LogP contribution in [0.5, 0.6) is 0 Å². The Morgan fingerprint density at radius 1 is 0.878 bits per heavy atom. The van der Waals surface area contributed by atoms with E-state index in [0.29, 0.717) is 36.0 Å². The number of fused-ring (bicyclic) bond motifs is 7. The summed E-state index contributed by atoms with van der Waals surface area (Å²) in [5.74, 6) is 1.48. The second-order valence-corrected chi connectivity index (χ2v) is 20.3. The summed E-state index contributed by atoms with van der Waals surface area (Å²) < 4.78 is 6.18. The van der Waals surface area contributed by atoms with Crippen LogP contribution in [0.15, 0.2) is 12.2 Å². The lowest BCUT2D eigenvalue weighted by atomic mass is 9.32. The molecule has 276 valence electrons. The van der Waals surface area contributed by atoms with Crippen LogP contribution in [0.4, 0.5) is 0 Å². The third-order valence-electron chi connectivity index (χ3n) is 17.0. The zero-order valence-electron chi connectivity index (χ0n) is 32.1. The molecule has 0 aliphatic heterocycles. The van der Waals surface area contributed by atoms with Gasteiger partial charge in [0.2, 0.25) is 5.91 Å². The van der Waals surface area contributed by atoms with Crippen LogP contribution in [-0.2, 0) is 19.1 Å². The van der Waals surface area contributed by atoms with Gasteiger partial charge in [-0.3, -0.25) is 14.4 Å². The molecule has 7 heteroatoms. The lowest BCUT2D eigenvalue weighted by Gasteiger charge is -2.73. The van der Waals surface area contributed by atoms with E-state index in [-0.39, 0.29) is 57.6 Å². The summed E-state index contributed by atoms with van der Waals surface area (Å²) in [4.78, 5) is 38.5. The van der Waals surface area contributed by atoms with Crippen molar-refractivity contribution in [1.82, 2.24) is 5.32 Å². The van der Waals surface area contributed by atoms with Gasteiger partial charge in [0.15, 0.2) is 0 Å². The summed E-state index contributed by atoms with van der Waals surface area (Å²) in [5.41, 5.74) is 6.77. The Morgan fingerprint density at radius 3 is 2.22 bits per heavy atom. The maximum Gasteiger partial charge on any atom is 0.309 e. The first kappa shape index (κ1) is 36.9. The SMILES string of the molecule is C=C(C)[C@@H]1CC[C@]2(CC(=O)N[C@@H]3CC[C@@H](N)C3)CC[C@]3(C)[C@H](CC[C@@H]4[C@@]5(C)CC[C@H](OC(=O)CC(C)(C)C(=O)O)C(C)(C)[C@@H]5CC[C@]43C)[C@@H]12. The van der Waals surface area contributed by atoms with Gasteiger partial charge in [0.25, 0.3) is 0 Å². The van der Waals surface area contributed by atoms with E-state index in [1.54, 1.807) is 13.8 Å². The summed E-state index contributed by atoms with van der Waals surface area (Å²) in [6, 6.07) is 0.444. The number of hydrogen-bond acceptors (Lipinski definition) is 5. The quantitative estimate of drug-likeness (QED) is 0.175. The molecular formula is C42H68N2O5. The number of carbonyl (C=O) groups is 3. The lowest BCUT2D eigenvalue weighted by molar-refractivity contribution is -0.250. The third-order valence-corrected chi connectivity index (χ3v) is 17.0. The Kier molecular flexibility index (Phi) is 9.31. The fourth-order valence-corrected chi connectivity index (χ4v) is 14.2. The van der Waals surface area contributed by atoms with Gasteiger partial charge >= 0.3 is 11.9 Å². The minimum atomic E-state index is -1.14. The summed E-state index contributed by atoms with van der Waals surface area (Å²) in [5, 5.41) is 13.0. The number of carboxylic acids is 1. The maximum absolute atomic E-state index is 13.7. The van der Waals surface area contributed by atoms with Crippen molar-refractivity contribution < 1.29 is 24.2 Å². The Bertz CT molecular complexity index is 1360. The number of allylic oxidation sites excluding steroid dienone is 1. The third kappa shape index (κ3) is 5.82. The van der Waals surface area contributed by atoms with E-state index in [2.05, 4.69) is 53.4 Å². The van der Waals surface area contributed by atoms with E-state index in [0.717, 1.165) is 57.8 Å². The number of rotatable bonds is 8. The monoisotopic (exact) mass is 681 g/mol. The van der Waals surface area contributed by atoms with Gasteiger partial charge in [-0.15, -0.1) is 0 Å². The maximum atomic E-state index is 13.7. The number of amides is 1. The molecule has 1 amide bonds. The highest BCUT2D eigenvalue weighted by Crippen LogP contribution is 2.78. The molecule has 6 rings (SSSR count). The topological polar surface area (TPSA) is 119 Å². The smallest absolute Gasteiger partial charge is 0.309 e. The largest absolute Gasteiger partial charge is 0.481 e. The van der Waals surface area contributed by atoms with Gasteiger partial charge in [-0.05, 0) is 155 Å². The van der Waals surface area contributed by atoms with Crippen LogP contribution in [0.1, 0.15) is 152 Å². The molecule has 0 heterocycles. The normalized spacial score (nSPS) is 45.7. The summed E-state index contributed by atoms with van der Waals surface area (Å²) in [7, 11) is 0. The van der Waals surface area contributed by atoms with Crippen molar-refractivity contribution in [2.75, 3.05) is 0 Å². The number of nitrogens with two attached hydrogens (primary N) is 1. The van der Waals surface area contributed by atoms with Crippen LogP contribution >= 0.6 is 0 Å². The minimum absolute atomic E-state index is 0.0576. The van der Waals surface area contributed by atoms with Crippen LogP contribution in [0.25, 0.3) is 0 Å². The predicted molar refractivity (Wildman–Crippen MR) is 193 cm³/mol. The summed E-state index contributed by atoms with van der Waals surface area (Å²) in [6.07, 6.45) is 14.5. The molecule has 49 heavy (non-hydrogen) atoms. The number of carboxylic acid groups (broad SMARTS) is 1. The molecule has 6 aliphatic carbocycles. The lowest BCUT2D eigenvalue weighted by Crippen LogP contribution is -2.67. The fraction of sp³-hybridized carbons (Fsp3) is 0.881. The van der Waals surface area contributed by atoms with Gasteiger partial charge in [0, 0.05) is 23.9 Å². The molecule has 0 aromatic carbocycles. The molecule has 0 radical (unpaired) electrons. The van der Waals surface area contributed by atoms with E-state index in [4.69, 9.17) is 10.5 Å². The first-order valence-corrected chi connectivity index (χ1v) is 19.8. The van der Waals surface area contributed by atoms with Crippen LogP contribution in [0.3, 0.4) is 0 Å². The Morgan fingerprint density at radius 2 is 1.59 bits per heavy atom. The highest BCUT2D eigenvalue weighted by molar-refractivity contribution is 5.81. The Balaban J connectivity index is 1.23. The Labute approximate surface area is 296 Å². The van der Waals surface area contributed by atoms with Gasteiger partial charge in [0.1, 0.15) is 6.10 Å². The van der Waals surface area contributed by atoms with E-state index in [1.165, 1.54) is 31.3 Å². The average molecular weight is 681 g/mol. The molecule has 0 aromatic heterocycles. The van der Waals surface area contributed by atoms with Crippen molar-refractivity contribution in [3.8, 4) is 0 Å². The number of ether oxygens (including phenoxy) is 1. The van der Waals surface area contributed by atoms with Gasteiger partial charge in [-0.2, -0.15) is 0 Å². The van der Waals surface area contributed by atoms with Crippen LogP contribution < -0.4 is 11.1 Å². The van der Waals surface area contributed by atoms with E-state index in [9.17, 15) is 19.5 Å². The molecule has 12 atom stereocenters. The summed E-state index contributed by atoms with van der Waals surface area (Å²) >= 11 is 0. The fourth-order valence-electron chi connectivity index (χ4n) is 14.2. The Hall–Kier alpha value is -1.89. The first-order chi connectivity index (χ1) is 22.7. The molecule has 4 N–H and O–H groups in total. The van der Waals surface area contributed by atoms with Gasteiger partial charge in [0.05, 0.1) is 11.8 Å². The predicted octanol–water partition coefficient (Wildman–Crippen LogP) is 8.44. The minimum Gasteiger partial charge on any atom is -0.481 e. The van der Waals surface area contributed by atoms with E-state index >= 15 is 0 Å². The molecule has 0 unspecified atom stereocenters. The van der Waals surface area contributed by atoms with Crippen molar-refractivity contribution in [2.45, 2.75) is 170 Å². The highest BCUT2D eigenvalue weighted by Gasteiger charge is 2.71. The number of hydrogen-bond donors (Lipinski definition) is 3.